The van der Waals surface area contributed by atoms with Crippen molar-refractivity contribution in [3.8, 4) is 22.5 Å². The smallest absolute Gasteiger partial charge is 0.0964 e. The van der Waals surface area contributed by atoms with Gasteiger partial charge in [-0.1, -0.05) is 55.6 Å². The lowest BCUT2D eigenvalue weighted by molar-refractivity contribution is 1.24. The molecule has 2 aromatic heterocycles. The number of aromatic nitrogens is 2. The summed E-state index contributed by atoms with van der Waals surface area (Å²) in [6, 6.07) is 16.2. The van der Waals surface area contributed by atoms with Gasteiger partial charge < -0.3 is 0 Å². The predicted octanol–water partition coefficient (Wildman–Crippen LogP) is 5.10. The summed E-state index contributed by atoms with van der Waals surface area (Å²) in [5.74, 6) is 0. The molecule has 0 saturated heterocycles. The van der Waals surface area contributed by atoms with E-state index in [-0.39, 0.29) is 0 Å². The highest BCUT2D eigenvalue weighted by Gasteiger charge is 2.09. The van der Waals surface area contributed by atoms with Crippen LogP contribution in [0.3, 0.4) is 0 Å². The zero-order valence-electron chi connectivity index (χ0n) is 12.2. The van der Waals surface area contributed by atoms with Crippen LogP contribution in [0.5, 0.6) is 0 Å². The Balaban J connectivity index is 2.12. The SMILES string of the molecule is C=Cc1ccc(-c2cccnc2-c2cc(C=C)ccn2)cc1. The van der Waals surface area contributed by atoms with Crippen molar-refractivity contribution >= 4 is 12.2 Å². The summed E-state index contributed by atoms with van der Waals surface area (Å²) in [4.78, 5) is 8.98. The van der Waals surface area contributed by atoms with Crippen molar-refractivity contribution in [1.29, 1.82) is 0 Å². The van der Waals surface area contributed by atoms with Crippen molar-refractivity contribution in [2.45, 2.75) is 0 Å². The number of pyridine rings is 2. The molecule has 1 aromatic carbocycles. The minimum Gasteiger partial charge on any atom is -0.255 e. The van der Waals surface area contributed by atoms with Gasteiger partial charge in [0.15, 0.2) is 0 Å². The predicted molar refractivity (Wildman–Crippen MR) is 93.1 cm³/mol. The molecule has 3 aromatic rings. The van der Waals surface area contributed by atoms with Crippen molar-refractivity contribution < 1.29 is 0 Å². The fourth-order valence-electron chi connectivity index (χ4n) is 2.34. The van der Waals surface area contributed by atoms with Crippen LogP contribution in [0.4, 0.5) is 0 Å². The van der Waals surface area contributed by atoms with Gasteiger partial charge in [-0.2, -0.15) is 0 Å². The Morgan fingerprint density at radius 1 is 0.773 bits per heavy atom. The number of hydrogen-bond donors (Lipinski definition) is 0. The second-order valence-corrected chi connectivity index (χ2v) is 4.90. The summed E-state index contributed by atoms with van der Waals surface area (Å²) < 4.78 is 0. The molecule has 2 heteroatoms. The van der Waals surface area contributed by atoms with Crippen molar-refractivity contribution in [2.24, 2.45) is 0 Å². The van der Waals surface area contributed by atoms with E-state index in [1.807, 2.05) is 42.5 Å². The topological polar surface area (TPSA) is 25.8 Å². The lowest BCUT2D eigenvalue weighted by atomic mass is 10.00. The maximum atomic E-state index is 4.53. The minimum absolute atomic E-state index is 0.848. The van der Waals surface area contributed by atoms with E-state index < -0.39 is 0 Å². The summed E-state index contributed by atoms with van der Waals surface area (Å²) in [5, 5.41) is 0. The lowest BCUT2D eigenvalue weighted by Crippen LogP contribution is -1.92. The van der Waals surface area contributed by atoms with Gasteiger partial charge in [-0.05, 0) is 34.9 Å². The molecule has 0 amide bonds. The number of rotatable bonds is 4. The van der Waals surface area contributed by atoms with Gasteiger partial charge >= 0.3 is 0 Å². The Labute approximate surface area is 130 Å². The molecule has 0 bridgehead atoms. The standard InChI is InChI=1S/C20H16N2/c1-3-15-7-9-17(10-8-15)18-6-5-12-22-20(18)19-14-16(4-2)11-13-21-19/h3-14H,1-2H2. The van der Waals surface area contributed by atoms with Crippen LogP contribution in [0.15, 0.2) is 74.1 Å². The molecule has 0 aliphatic rings. The highest BCUT2D eigenvalue weighted by molar-refractivity contribution is 5.80. The first-order valence-electron chi connectivity index (χ1n) is 7.08. The quantitative estimate of drug-likeness (QED) is 0.666. The molecule has 0 radical (unpaired) electrons. The van der Waals surface area contributed by atoms with E-state index in [4.69, 9.17) is 0 Å². The van der Waals surface area contributed by atoms with Crippen LogP contribution in [0.2, 0.25) is 0 Å². The van der Waals surface area contributed by atoms with Gasteiger partial charge in [-0.15, -0.1) is 0 Å². The Hall–Kier alpha value is -3.00. The number of hydrogen-bond acceptors (Lipinski definition) is 2. The zero-order chi connectivity index (χ0) is 15.4. The molecule has 22 heavy (non-hydrogen) atoms. The molecule has 0 aliphatic heterocycles. The first-order valence-corrected chi connectivity index (χ1v) is 7.08. The van der Waals surface area contributed by atoms with Gasteiger partial charge in [0.25, 0.3) is 0 Å². The molecule has 0 saturated carbocycles. The number of benzene rings is 1. The average Bonchev–Trinajstić information content (AvgIpc) is 2.62. The molecule has 0 fully saturated rings. The molecule has 2 heterocycles. The highest BCUT2D eigenvalue weighted by Crippen LogP contribution is 2.29. The van der Waals surface area contributed by atoms with E-state index in [1.54, 1.807) is 12.4 Å². The van der Waals surface area contributed by atoms with Crippen molar-refractivity contribution in [2.75, 3.05) is 0 Å². The summed E-state index contributed by atoms with van der Waals surface area (Å²) in [6.07, 6.45) is 7.22. The summed E-state index contributed by atoms with van der Waals surface area (Å²) in [6.45, 7) is 7.59. The first kappa shape index (κ1) is 14.0. The third kappa shape index (κ3) is 2.72. The van der Waals surface area contributed by atoms with Crippen molar-refractivity contribution in [3.05, 3.63) is 85.2 Å². The zero-order valence-corrected chi connectivity index (χ0v) is 12.2. The van der Waals surface area contributed by atoms with Gasteiger partial charge in [-0.25, -0.2) is 0 Å². The van der Waals surface area contributed by atoms with E-state index in [2.05, 4.69) is 41.3 Å². The molecular formula is C20H16N2. The van der Waals surface area contributed by atoms with Gasteiger partial charge in [0, 0.05) is 18.0 Å². The maximum Gasteiger partial charge on any atom is 0.0964 e. The monoisotopic (exact) mass is 284 g/mol. The molecule has 0 N–H and O–H groups in total. The van der Waals surface area contributed by atoms with Crippen LogP contribution in [0, 0.1) is 0 Å². The third-order valence-corrected chi connectivity index (χ3v) is 3.53. The van der Waals surface area contributed by atoms with E-state index in [0.29, 0.717) is 0 Å². The Bertz CT molecular complexity index is 817. The second-order valence-electron chi connectivity index (χ2n) is 4.90. The number of nitrogens with zero attached hydrogens (tertiary/aromatic N) is 2. The molecule has 2 nitrogen and oxygen atoms in total. The average molecular weight is 284 g/mol. The fourth-order valence-corrected chi connectivity index (χ4v) is 2.34. The van der Waals surface area contributed by atoms with Crippen LogP contribution in [-0.2, 0) is 0 Å². The largest absolute Gasteiger partial charge is 0.255 e. The molecule has 0 unspecified atom stereocenters. The molecule has 0 spiro atoms. The third-order valence-electron chi connectivity index (χ3n) is 3.53. The van der Waals surface area contributed by atoms with Crippen LogP contribution in [0.1, 0.15) is 11.1 Å². The maximum absolute atomic E-state index is 4.53. The molecule has 3 rings (SSSR count). The summed E-state index contributed by atoms with van der Waals surface area (Å²) in [5.41, 5.74) is 6.02. The van der Waals surface area contributed by atoms with Gasteiger partial charge in [0.1, 0.15) is 0 Å². The second kappa shape index (κ2) is 6.19. The minimum atomic E-state index is 0.848. The molecule has 0 atom stereocenters. The fraction of sp³-hybridized carbons (Fsp3) is 0. The van der Waals surface area contributed by atoms with Crippen LogP contribution < -0.4 is 0 Å². The molecular weight excluding hydrogens is 268 g/mol. The van der Waals surface area contributed by atoms with E-state index in [0.717, 1.165) is 33.6 Å². The molecule has 106 valence electrons. The lowest BCUT2D eigenvalue weighted by Gasteiger charge is -2.09. The van der Waals surface area contributed by atoms with E-state index in [9.17, 15) is 0 Å². The van der Waals surface area contributed by atoms with Crippen molar-refractivity contribution in [3.63, 3.8) is 0 Å². The molecule has 0 aliphatic carbocycles. The summed E-state index contributed by atoms with van der Waals surface area (Å²) in [7, 11) is 0. The van der Waals surface area contributed by atoms with Crippen molar-refractivity contribution in [1.82, 2.24) is 9.97 Å². The Morgan fingerprint density at radius 2 is 1.55 bits per heavy atom. The Kier molecular flexibility index (Phi) is 3.92. The normalized spacial score (nSPS) is 10.2. The van der Waals surface area contributed by atoms with E-state index in [1.165, 1.54) is 0 Å². The van der Waals surface area contributed by atoms with Crippen LogP contribution in [-0.4, -0.2) is 9.97 Å². The van der Waals surface area contributed by atoms with Gasteiger partial charge in [0.05, 0.1) is 11.4 Å². The summed E-state index contributed by atoms with van der Waals surface area (Å²) >= 11 is 0. The van der Waals surface area contributed by atoms with Crippen LogP contribution in [0.25, 0.3) is 34.7 Å². The highest BCUT2D eigenvalue weighted by atomic mass is 14.8. The Morgan fingerprint density at radius 3 is 2.27 bits per heavy atom. The van der Waals surface area contributed by atoms with Gasteiger partial charge in [0.2, 0.25) is 0 Å². The first-order chi connectivity index (χ1) is 10.8. The van der Waals surface area contributed by atoms with Gasteiger partial charge in [-0.3, -0.25) is 9.97 Å². The van der Waals surface area contributed by atoms with Crippen LogP contribution >= 0.6 is 0 Å². The van der Waals surface area contributed by atoms with E-state index >= 15 is 0 Å².